The van der Waals surface area contributed by atoms with Gasteiger partial charge in [0, 0.05) is 5.69 Å². The highest BCUT2D eigenvalue weighted by Gasteiger charge is 2.05. The second-order valence-electron chi connectivity index (χ2n) is 5.48. The van der Waals surface area contributed by atoms with Gasteiger partial charge in [0.05, 0.1) is 6.54 Å². The van der Waals surface area contributed by atoms with Gasteiger partial charge in [-0.3, -0.25) is 4.79 Å². The molecule has 0 spiro atoms. The van der Waals surface area contributed by atoms with Gasteiger partial charge in [0.15, 0.2) is 0 Å². The Balaban J connectivity index is 1.88. The zero-order valence-electron chi connectivity index (χ0n) is 13.8. The van der Waals surface area contributed by atoms with Gasteiger partial charge >= 0.3 is 0 Å². The van der Waals surface area contributed by atoms with E-state index in [1.165, 1.54) is 0 Å². The van der Waals surface area contributed by atoms with Crippen LogP contribution >= 0.6 is 0 Å². The molecule has 0 saturated heterocycles. The number of rotatable bonds is 8. The summed E-state index contributed by atoms with van der Waals surface area (Å²) in [6.45, 7) is 5.75. The molecule has 4 nitrogen and oxygen atoms in total. The minimum absolute atomic E-state index is 0.0282. The van der Waals surface area contributed by atoms with Crippen molar-refractivity contribution in [2.75, 3.05) is 18.4 Å². The van der Waals surface area contributed by atoms with Crippen LogP contribution in [0.3, 0.4) is 0 Å². The first-order valence-corrected chi connectivity index (χ1v) is 7.97. The second kappa shape index (κ2) is 8.96. The van der Waals surface area contributed by atoms with Crippen molar-refractivity contribution in [3.8, 4) is 5.75 Å². The molecule has 0 radical (unpaired) electrons. The zero-order chi connectivity index (χ0) is 16.5. The van der Waals surface area contributed by atoms with Crippen LogP contribution in [-0.2, 0) is 11.4 Å². The summed E-state index contributed by atoms with van der Waals surface area (Å²) in [6, 6.07) is 15.7. The minimum Gasteiger partial charge on any atom is -0.489 e. The van der Waals surface area contributed by atoms with E-state index in [-0.39, 0.29) is 5.91 Å². The van der Waals surface area contributed by atoms with Crippen molar-refractivity contribution in [2.45, 2.75) is 26.9 Å². The van der Waals surface area contributed by atoms with E-state index < -0.39 is 0 Å². The van der Waals surface area contributed by atoms with Crippen LogP contribution in [0, 0.1) is 6.92 Å². The molecule has 0 aromatic heterocycles. The summed E-state index contributed by atoms with van der Waals surface area (Å²) in [5, 5.41) is 6.00. The molecule has 0 aliphatic carbocycles. The van der Waals surface area contributed by atoms with Crippen LogP contribution in [0.1, 0.15) is 24.5 Å². The van der Waals surface area contributed by atoms with Crippen molar-refractivity contribution in [3.05, 3.63) is 59.7 Å². The topological polar surface area (TPSA) is 50.4 Å². The zero-order valence-corrected chi connectivity index (χ0v) is 13.8. The average molecular weight is 312 g/mol. The van der Waals surface area contributed by atoms with Crippen molar-refractivity contribution in [2.24, 2.45) is 0 Å². The fourth-order valence-electron chi connectivity index (χ4n) is 2.18. The molecular weight excluding hydrogens is 288 g/mol. The monoisotopic (exact) mass is 312 g/mol. The SMILES string of the molecule is CCCNCC(=O)Nc1ccc(OCc2ccccc2)cc1C. The van der Waals surface area contributed by atoms with E-state index in [2.05, 4.69) is 17.6 Å². The number of anilines is 1. The molecule has 1 amide bonds. The number of hydrogen-bond donors (Lipinski definition) is 2. The number of nitrogens with one attached hydrogen (secondary N) is 2. The molecule has 2 aromatic rings. The molecule has 2 rings (SSSR count). The third-order valence-electron chi connectivity index (χ3n) is 3.43. The molecule has 0 aliphatic rings. The van der Waals surface area contributed by atoms with Crippen LogP contribution in [0.5, 0.6) is 5.75 Å². The molecule has 23 heavy (non-hydrogen) atoms. The summed E-state index contributed by atoms with van der Waals surface area (Å²) < 4.78 is 5.79. The first-order chi connectivity index (χ1) is 11.2. The summed E-state index contributed by atoms with van der Waals surface area (Å²) in [7, 11) is 0. The van der Waals surface area contributed by atoms with Gasteiger partial charge in [-0.05, 0) is 49.2 Å². The Hall–Kier alpha value is -2.33. The maximum Gasteiger partial charge on any atom is 0.238 e. The molecule has 2 N–H and O–H groups in total. The summed E-state index contributed by atoms with van der Waals surface area (Å²) in [6.07, 6.45) is 1.01. The van der Waals surface area contributed by atoms with E-state index in [1.54, 1.807) is 0 Å². The standard InChI is InChI=1S/C19H24N2O2/c1-3-11-20-13-19(22)21-18-10-9-17(12-15(18)2)23-14-16-7-5-4-6-8-16/h4-10,12,20H,3,11,13-14H2,1-2H3,(H,21,22). The van der Waals surface area contributed by atoms with Crippen LogP contribution in [0.2, 0.25) is 0 Å². The molecule has 0 unspecified atom stereocenters. The Kier molecular flexibility index (Phi) is 6.63. The molecule has 0 atom stereocenters. The molecule has 0 saturated carbocycles. The number of benzene rings is 2. The molecular formula is C19H24N2O2. The number of amides is 1. The van der Waals surface area contributed by atoms with E-state index in [4.69, 9.17) is 4.74 Å². The Bertz CT molecular complexity index is 627. The van der Waals surface area contributed by atoms with Crippen molar-refractivity contribution >= 4 is 11.6 Å². The molecule has 0 bridgehead atoms. The third-order valence-corrected chi connectivity index (χ3v) is 3.43. The first kappa shape index (κ1) is 17.0. The van der Waals surface area contributed by atoms with Crippen LogP contribution in [-0.4, -0.2) is 19.0 Å². The Morgan fingerprint density at radius 2 is 1.91 bits per heavy atom. The summed E-state index contributed by atoms with van der Waals surface area (Å²) >= 11 is 0. The quantitative estimate of drug-likeness (QED) is 0.733. The predicted octanol–water partition coefficient (Wildman–Crippen LogP) is 3.51. The molecule has 0 heterocycles. The summed E-state index contributed by atoms with van der Waals surface area (Å²) in [4.78, 5) is 11.8. The Labute approximate surface area is 137 Å². The number of carbonyl (C=O) groups is 1. The first-order valence-electron chi connectivity index (χ1n) is 7.97. The largest absolute Gasteiger partial charge is 0.489 e. The Morgan fingerprint density at radius 3 is 2.61 bits per heavy atom. The van der Waals surface area contributed by atoms with Gasteiger partial charge in [0.2, 0.25) is 5.91 Å². The van der Waals surface area contributed by atoms with Gasteiger partial charge < -0.3 is 15.4 Å². The van der Waals surface area contributed by atoms with E-state index in [1.807, 2.05) is 55.5 Å². The van der Waals surface area contributed by atoms with E-state index in [9.17, 15) is 4.79 Å². The number of carbonyl (C=O) groups excluding carboxylic acids is 1. The lowest BCUT2D eigenvalue weighted by molar-refractivity contribution is -0.115. The van der Waals surface area contributed by atoms with Crippen LogP contribution in [0.25, 0.3) is 0 Å². The van der Waals surface area contributed by atoms with Crippen molar-refractivity contribution in [1.29, 1.82) is 0 Å². The van der Waals surface area contributed by atoms with E-state index in [0.717, 1.165) is 35.5 Å². The molecule has 0 aliphatic heterocycles. The normalized spacial score (nSPS) is 10.3. The lowest BCUT2D eigenvalue weighted by atomic mass is 10.2. The molecule has 122 valence electrons. The van der Waals surface area contributed by atoms with Gasteiger partial charge in [-0.1, -0.05) is 37.3 Å². The van der Waals surface area contributed by atoms with Crippen LogP contribution in [0.4, 0.5) is 5.69 Å². The average Bonchev–Trinajstić information content (AvgIpc) is 2.56. The highest BCUT2D eigenvalue weighted by atomic mass is 16.5. The van der Waals surface area contributed by atoms with Crippen LogP contribution < -0.4 is 15.4 Å². The van der Waals surface area contributed by atoms with Gasteiger partial charge in [-0.25, -0.2) is 0 Å². The fraction of sp³-hybridized carbons (Fsp3) is 0.316. The Morgan fingerprint density at radius 1 is 1.13 bits per heavy atom. The number of aryl methyl sites for hydroxylation is 1. The fourth-order valence-corrected chi connectivity index (χ4v) is 2.18. The van der Waals surface area contributed by atoms with Crippen LogP contribution in [0.15, 0.2) is 48.5 Å². The number of ether oxygens (including phenoxy) is 1. The summed E-state index contributed by atoms with van der Waals surface area (Å²) in [5.41, 5.74) is 2.93. The maximum atomic E-state index is 11.8. The molecule has 0 fully saturated rings. The lowest BCUT2D eigenvalue weighted by Crippen LogP contribution is -2.28. The highest BCUT2D eigenvalue weighted by Crippen LogP contribution is 2.22. The van der Waals surface area contributed by atoms with E-state index in [0.29, 0.717) is 13.2 Å². The predicted molar refractivity (Wildman–Crippen MR) is 93.7 cm³/mol. The lowest BCUT2D eigenvalue weighted by Gasteiger charge is -2.12. The highest BCUT2D eigenvalue weighted by molar-refractivity contribution is 5.93. The minimum atomic E-state index is -0.0282. The van der Waals surface area contributed by atoms with Crippen molar-refractivity contribution in [3.63, 3.8) is 0 Å². The molecule has 2 aromatic carbocycles. The molecule has 4 heteroatoms. The van der Waals surface area contributed by atoms with Gasteiger partial charge in [-0.2, -0.15) is 0 Å². The number of hydrogen-bond acceptors (Lipinski definition) is 3. The van der Waals surface area contributed by atoms with Gasteiger partial charge in [0.25, 0.3) is 0 Å². The smallest absolute Gasteiger partial charge is 0.238 e. The maximum absolute atomic E-state index is 11.8. The third kappa shape index (κ3) is 5.75. The van der Waals surface area contributed by atoms with Gasteiger partial charge in [-0.15, -0.1) is 0 Å². The summed E-state index contributed by atoms with van der Waals surface area (Å²) in [5.74, 6) is 0.771. The van der Waals surface area contributed by atoms with Crippen molar-refractivity contribution < 1.29 is 9.53 Å². The van der Waals surface area contributed by atoms with E-state index >= 15 is 0 Å². The van der Waals surface area contributed by atoms with Gasteiger partial charge in [0.1, 0.15) is 12.4 Å². The van der Waals surface area contributed by atoms with Crippen molar-refractivity contribution in [1.82, 2.24) is 5.32 Å². The second-order valence-corrected chi connectivity index (χ2v) is 5.48.